The van der Waals surface area contributed by atoms with E-state index in [9.17, 15) is 18.0 Å². The number of halogens is 4. The van der Waals surface area contributed by atoms with Crippen molar-refractivity contribution in [2.24, 2.45) is 0 Å². The Hall–Kier alpha value is -1.43. The molecule has 3 nitrogen and oxygen atoms in total. The molecule has 0 fully saturated rings. The van der Waals surface area contributed by atoms with Crippen molar-refractivity contribution < 1.29 is 27.4 Å². The Balaban J connectivity index is 3.20. The summed E-state index contributed by atoms with van der Waals surface area (Å²) in [6, 6.07) is 3.92. The Morgan fingerprint density at radius 1 is 1.39 bits per heavy atom. The summed E-state index contributed by atoms with van der Waals surface area (Å²) in [5.74, 6) is -1.32. The Bertz CT molecular complexity index is 432. The second-order valence-electron chi connectivity index (χ2n) is 3.25. The fraction of sp³-hybridized carbons (Fsp3) is 0.364. The summed E-state index contributed by atoms with van der Waals surface area (Å²) in [4.78, 5) is 11.6. The number of rotatable bonds is 5. The largest absolute Gasteiger partial charge is 0.573 e. The van der Waals surface area contributed by atoms with Crippen molar-refractivity contribution in [1.29, 1.82) is 0 Å². The highest BCUT2D eigenvalue weighted by atomic mass is 35.5. The molecule has 0 aliphatic rings. The Morgan fingerprint density at radius 3 is 2.56 bits per heavy atom. The third kappa shape index (κ3) is 3.80. The first-order valence-electron chi connectivity index (χ1n) is 4.91. The van der Waals surface area contributed by atoms with Crippen LogP contribution in [-0.4, -0.2) is 25.1 Å². The summed E-state index contributed by atoms with van der Waals surface area (Å²) in [7, 11) is 1.19. The van der Waals surface area contributed by atoms with Crippen molar-refractivity contribution in [2.45, 2.75) is 12.8 Å². The van der Waals surface area contributed by atoms with Crippen molar-refractivity contribution in [3.8, 4) is 11.5 Å². The average Bonchev–Trinajstić information content (AvgIpc) is 2.27. The first kappa shape index (κ1) is 14.6. The van der Waals surface area contributed by atoms with E-state index in [0.29, 0.717) is 0 Å². The van der Waals surface area contributed by atoms with E-state index in [1.54, 1.807) is 0 Å². The van der Waals surface area contributed by atoms with Gasteiger partial charge in [0.25, 0.3) is 0 Å². The van der Waals surface area contributed by atoms with E-state index in [2.05, 4.69) is 4.74 Å². The number of methoxy groups -OCH3 is 1. The molecular formula is C11H10ClF3O3. The summed E-state index contributed by atoms with van der Waals surface area (Å²) >= 11 is 5.39. The van der Waals surface area contributed by atoms with Gasteiger partial charge in [-0.15, -0.1) is 24.8 Å². The zero-order valence-electron chi connectivity index (χ0n) is 9.38. The van der Waals surface area contributed by atoms with Gasteiger partial charge in [-0.25, -0.2) is 0 Å². The highest BCUT2D eigenvalue weighted by Crippen LogP contribution is 2.36. The van der Waals surface area contributed by atoms with Crippen LogP contribution in [0.2, 0.25) is 0 Å². The molecule has 0 bridgehead atoms. The van der Waals surface area contributed by atoms with Crippen LogP contribution in [0.15, 0.2) is 18.2 Å². The maximum Gasteiger partial charge on any atom is 0.573 e. The van der Waals surface area contributed by atoms with Gasteiger partial charge in [-0.05, 0) is 12.1 Å². The van der Waals surface area contributed by atoms with Crippen LogP contribution in [0.3, 0.4) is 0 Å². The molecule has 18 heavy (non-hydrogen) atoms. The van der Waals surface area contributed by atoms with Gasteiger partial charge in [-0.1, -0.05) is 6.07 Å². The van der Waals surface area contributed by atoms with Gasteiger partial charge < -0.3 is 9.47 Å². The van der Waals surface area contributed by atoms with Crippen LogP contribution in [0.4, 0.5) is 13.2 Å². The van der Waals surface area contributed by atoms with Crippen LogP contribution >= 0.6 is 11.6 Å². The number of hydrogen-bond donors (Lipinski definition) is 0. The second kappa shape index (κ2) is 5.95. The Kier molecular flexibility index (Phi) is 4.84. The lowest BCUT2D eigenvalue weighted by Crippen LogP contribution is -2.19. The van der Waals surface area contributed by atoms with Crippen molar-refractivity contribution >= 4 is 17.4 Å². The van der Waals surface area contributed by atoms with Crippen LogP contribution in [0.25, 0.3) is 0 Å². The summed E-state index contributed by atoms with van der Waals surface area (Å²) in [6.07, 6.45) is -4.98. The summed E-state index contributed by atoms with van der Waals surface area (Å²) in [6.45, 7) is 0. The number of hydrogen-bond acceptors (Lipinski definition) is 3. The minimum absolute atomic E-state index is 0.0154. The lowest BCUT2D eigenvalue weighted by Gasteiger charge is -2.15. The second-order valence-corrected chi connectivity index (χ2v) is 3.62. The van der Waals surface area contributed by atoms with Crippen molar-refractivity contribution in [3.05, 3.63) is 23.8 Å². The first-order valence-corrected chi connectivity index (χ1v) is 5.44. The zero-order chi connectivity index (χ0) is 13.8. The lowest BCUT2D eigenvalue weighted by molar-refractivity contribution is -0.275. The van der Waals surface area contributed by atoms with Gasteiger partial charge in [0.1, 0.15) is 0 Å². The number of benzene rings is 1. The number of ketones is 1. The van der Waals surface area contributed by atoms with Gasteiger partial charge in [-0.2, -0.15) is 0 Å². The number of para-hydroxylation sites is 1. The SMILES string of the molecule is COc1cccc(C(=O)CCCl)c1OC(F)(F)F. The lowest BCUT2D eigenvalue weighted by atomic mass is 10.1. The highest BCUT2D eigenvalue weighted by molar-refractivity contribution is 6.19. The van der Waals surface area contributed by atoms with Gasteiger partial charge in [0.05, 0.1) is 12.7 Å². The molecule has 0 saturated carbocycles. The molecule has 0 atom stereocenters. The average molecular weight is 283 g/mol. The molecule has 0 saturated heterocycles. The molecule has 0 N–H and O–H groups in total. The number of carbonyl (C=O) groups excluding carboxylic acids is 1. The standard InChI is InChI=1S/C11H10ClF3O3/c1-17-9-4-2-3-7(8(16)5-6-12)10(9)18-11(13,14)15/h2-4H,5-6H2,1H3. The molecule has 1 aromatic rings. The van der Waals surface area contributed by atoms with Crippen LogP contribution in [0.1, 0.15) is 16.8 Å². The molecule has 100 valence electrons. The molecule has 0 spiro atoms. The highest BCUT2D eigenvalue weighted by Gasteiger charge is 2.34. The zero-order valence-corrected chi connectivity index (χ0v) is 10.1. The monoisotopic (exact) mass is 282 g/mol. The third-order valence-corrected chi connectivity index (χ3v) is 2.23. The van der Waals surface area contributed by atoms with Crippen molar-refractivity contribution in [3.63, 3.8) is 0 Å². The maximum absolute atomic E-state index is 12.3. The molecule has 1 rings (SSSR count). The van der Waals surface area contributed by atoms with Gasteiger partial charge in [-0.3, -0.25) is 4.79 Å². The fourth-order valence-electron chi connectivity index (χ4n) is 1.34. The van der Waals surface area contributed by atoms with E-state index in [1.807, 2.05) is 0 Å². The van der Waals surface area contributed by atoms with Crippen molar-refractivity contribution in [2.75, 3.05) is 13.0 Å². The molecule has 7 heteroatoms. The summed E-state index contributed by atoms with van der Waals surface area (Å²) in [5, 5.41) is 0. The normalized spacial score (nSPS) is 11.2. The number of carbonyl (C=O) groups is 1. The predicted octanol–water partition coefficient (Wildman–Crippen LogP) is 3.41. The molecule has 0 aliphatic heterocycles. The molecule has 0 radical (unpaired) electrons. The van der Waals surface area contributed by atoms with E-state index in [1.165, 1.54) is 25.3 Å². The van der Waals surface area contributed by atoms with Crippen LogP contribution in [0.5, 0.6) is 11.5 Å². The molecule has 0 aromatic heterocycles. The van der Waals surface area contributed by atoms with Gasteiger partial charge in [0.2, 0.25) is 0 Å². The van der Waals surface area contributed by atoms with Crippen LogP contribution in [0, 0.1) is 0 Å². The number of Topliss-reactive ketones (excluding diaryl/α,β-unsaturated/α-hetero) is 1. The molecular weight excluding hydrogens is 273 g/mol. The van der Waals surface area contributed by atoms with Crippen molar-refractivity contribution in [1.82, 2.24) is 0 Å². The molecule has 0 heterocycles. The van der Waals surface area contributed by atoms with E-state index in [-0.39, 0.29) is 23.6 Å². The minimum atomic E-state index is -4.90. The van der Waals surface area contributed by atoms with Gasteiger partial charge in [0, 0.05) is 12.3 Å². The minimum Gasteiger partial charge on any atom is -0.493 e. The third-order valence-electron chi connectivity index (χ3n) is 2.04. The van der Waals surface area contributed by atoms with E-state index in [0.717, 1.165) is 0 Å². The molecule has 0 aliphatic carbocycles. The summed E-state index contributed by atoms with van der Waals surface area (Å²) in [5.41, 5.74) is -0.202. The predicted molar refractivity (Wildman–Crippen MR) is 59.3 cm³/mol. The van der Waals surface area contributed by atoms with Gasteiger partial charge in [0.15, 0.2) is 17.3 Å². The fourth-order valence-corrected chi connectivity index (χ4v) is 1.51. The molecule has 0 amide bonds. The van der Waals surface area contributed by atoms with E-state index >= 15 is 0 Å². The van der Waals surface area contributed by atoms with E-state index < -0.39 is 17.9 Å². The maximum atomic E-state index is 12.3. The number of alkyl halides is 4. The Morgan fingerprint density at radius 2 is 2.06 bits per heavy atom. The first-order chi connectivity index (χ1) is 8.39. The topological polar surface area (TPSA) is 35.5 Å². The molecule has 1 aromatic carbocycles. The smallest absolute Gasteiger partial charge is 0.493 e. The Labute approximate surface area is 106 Å². The van der Waals surface area contributed by atoms with Crippen LogP contribution < -0.4 is 9.47 Å². The molecule has 0 unspecified atom stereocenters. The van der Waals surface area contributed by atoms with Gasteiger partial charge >= 0.3 is 6.36 Å². The summed E-state index contributed by atoms with van der Waals surface area (Å²) < 4.78 is 45.4. The number of ether oxygens (including phenoxy) is 2. The van der Waals surface area contributed by atoms with E-state index in [4.69, 9.17) is 16.3 Å². The van der Waals surface area contributed by atoms with Crippen LogP contribution in [-0.2, 0) is 0 Å². The quantitative estimate of drug-likeness (QED) is 0.613.